The number of ether oxygens (including phenoxy) is 2. The van der Waals surface area contributed by atoms with Gasteiger partial charge in [0.2, 0.25) is 0 Å². The molecule has 1 aliphatic rings. The highest BCUT2D eigenvalue weighted by Crippen LogP contribution is 2.41. The number of halogens is 1. The highest BCUT2D eigenvalue weighted by Gasteiger charge is 2.22. The topological polar surface area (TPSA) is 42.2 Å². The molecule has 0 spiro atoms. The summed E-state index contributed by atoms with van der Waals surface area (Å²) >= 11 is 3.40. The van der Waals surface area contributed by atoms with Gasteiger partial charge in [-0.05, 0) is 15.9 Å². The van der Waals surface area contributed by atoms with E-state index in [2.05, 4.69) is 22.0 Å². The third-order valence-corrected chi connectivity index (χ3v) is 3.12. The summed E-state index contributed by atoms with van der Waals surface area (Å²) in [6.07, 6.45) is 0.821. The fourth-order valence-corrected chi connectivity index (χ4v) is 2.12. The first kappa shape index (κ1) is 9.35. The van der Waals surface area contributed by atoms with Crippen LogP contribution in [-0.4, -0.2) is 13.7 Å². The van der Waals surface area contributed by atoms with Gasteiger partial charge in [0.15, 0.2) is 11.5 Å². The molecule has 0 aliphatic carbocycles. The Morgan fingerprint density at radius 3 is 3.07 bits per heavy atom. The molecule has 0 saturated carbocycles. The molecule has 0 aromatic heterocycles. The molecule has 2 rings (SSSR count). The Morgan fingerprint density at radius 1 is 1.64 bits per heavy atom. The quantitative estimate of drug-likeness (QED) is 0.771. The van der Waals surface area contributed by atoms with Gasteiger partial charge in [-0.2, -0.15) is 5.26 Å². The fraction of sp³-hybridized carbons (Fsp3) is 0.300. The Hall–Kier alpha value is -1.21. The monoisotopic (exact) mass is 253 g/mol. The van der Waals surface area contributed by atoms with Crippen LogP contribution < -0.4 is 9.47 Å². The van der Waals surface area contributed by atoms with Gasteiger partial charge in [-0.25, -0.2) is 0 Å². The average Bonchev–Trinajstić information content (AvgIpc) is 2.68. The van der Waals surface area contributed by atoms with Crippen LogP contribution in [0.1, 0.15) is 11.1 Å². The molecule has 0 radical (unpaired) electrons. The predicted molar refractivity (Wildman–Crippen MR) is 54.6 cm³/mol. The van der Waals surface area contributed by atoms with Gasteiger partial charge in [0.1, 0.15) is 6.07 Å². The van der Waals surface area contributed by atoms with Crippen LogP contribution in [0.4, 0.5) is 0 Å². The summed E-state index contributed by atoms with van der Waals surface area (Å²) in [6, 6.07) is 3.81. The summed E-state index contributed by atoms with van der Waals surface area (Å²) < 4.78 is 11.4. The molecule has 3 nitrogen and oxygen atoms in total. The van der Waals surface area contributed by atoms with Crippen molar-refractivity contribution in [2.45, 2.75) is 6.42 Å². The van der Waals surface area contributed by atoms with Gasteiger partial charge < -0.3 is 9.47 Å². The highest BCUT2D eigenvalue weighted by molar-refractivity contribution is 9.10. The average molecular weight is 254 g/mol. The van der Waals surface area contributed by atoms with Crippen molar-refractivity contribution in [2.75, 3.05) is 13.7 Å². The Kier molecular flexibility index (Phi) is 2.34. The Morgan fingerprint density at radius 2 is 2.43 bits per heavy atom. The van der Waals surface area contributed by atoms with Crippen LogP contribution >= 0.6 is 15.9 Å². The Labute approximate surface area is 90.4 Å². The molecule has 0 atom stereocenters. The lowest BCUT2D eigenvalue weighted by Crippen LogP contribution is -1.91. The van der Waals surface area contributed by atoms with Gasteiger partial charge in [-0.15, -0.1) is 0 Å². The molecule has 0 fully saturated rings. The van der Waals surface area contributed by atoms with E-state index in [-0.39, 0.29) is 0 Å². The molecule has 1 aromatic carbocycles. The minimum Gasteiger partial charge on any atom is -0.493 e. The van der Waals surface area contributed by atoms with Crippen LogP contribution in [0.5, 0.6) is 11.5 Å². The van der Waals surface area contributed by atoms with Crippen LogP contribution in [0, 0.1) is 11.3 Å². The molecule has 72 valence electrons. The van der Waals surface area contributed by atoms with Crippen molar-refractivity contribution in [2.24, 2.45) is 0 Å². The lowest BCUT2D eigenvalue weighted by atomic mass is 10.1. The maximum atomic E-state index is 8.89. The van der Waals surface area contributed by atoms with E-state index in [1.54, 1.807) is 13.2 Å². The number of rotatable bonds is 1. The number of benzene rings is 1. The minimum atomic E-state index is 0.589. The zero-order valence-electron chi connectivity index (χ0n) is 7.63. The second-order valence-electron chi connectivity index (χ2n) is 2.96. The smallest absolute Gasteiger partial charge is 0.165 e. The van der Waals surface area contributed by atoms with Crippen molar-refractivity contribution in [3.8, 4) is 17.6 Å². The van der Waals surface area contributed by atoms with Crippen LogP contribution in [-0.2, 0) is 6.42 Å². The summed E-state index contributed by atoms with van der Waals surface area (Å²) in [6.45, 7) is 0.652. The zero-order valence-corrected chi connectivity index (χ0v) is 9.22. The zero-order chi connectivity index (χ0) is 10.1. The molecule has 1 aliphatic heterocycles. The van der Waals surface area contributed by atoms with Crippen molar-refractivity contribution in [3.05, 3.63) is 21.7 Å². The van der Waals surface area contributed by atoms with Crippen molar-refractivity contribution >= 4 is 15.9 Å². The maximum Gasteiger partial charge on any atom is 0.165 e. The third-order valence-electron chi connectivity index (χ3n) is 2.21. The molecule has 1 aromatic rings. The molecule has 14 heavy (non-hydrogen) atoms. The number of hydrogen-bond acceptors (Lipinski definition) is 3. The maximum absolute atomic E-state index is 8.89. The first-order valence-corrected chi connectivity index (χ1v) is 4.99. The Balaban J connectivity index is 2.68. The van der Waals surface area contributed by atoms with Crippen LogP contribution in [0.15, 0.2) is 10.5 Å². The summed E-state index contributed by atoms with van der Waals surface area (Å²) in [5.74, 6) is 1.40. The number of hydrogen-bond donors (Lipinski definition) is 0. The van der Waals surface area contributed by atoms with Gasteiger partial charge >= 0.3 is 0 Å². The van der Waals surface area contributed by atoms with Crippen LogP contribution in [0.3, 0.4) is 0 Å². The molecule has 0 saturated heterocycles. The predicted octanol–water partition coefficient (Wildman–Crippen LogP) is 2.26. The highest BCUT2D eigenvalue weighted by atomic mass is 79.9. The summed E-state index contributed by atoms with van der Waals surface area (Å²) in [4.78, 5) is 0. The number of methoxy groups -OCH3 is 1. The molecule has 0 N–H and O–H groups in total. The third kappa shape index (κ3) is 1.25. The standard InChI is InChI=1S/C10H8BrNO2/c1-13-8-4-6(5-12)9(11)7-2-3-14-10(7)8/h4H,2-3H2,1H3. The van der Waals surface area contributed by atoms with Crippen molar-refractivity contribution in [1.29, 1.82) is 5.26 Å². The van der Waals surface area contributed by atoms with Gasteiger partial charge in [-0.3, -0.25) is 0 Å². The molecule has 1 heterocycles. The summed E-state index contributed by atoms with van der Waals surface area (Å²) in [7, 11) is 1.58. The normalized spacial score (nSPS) is 12.9. The molecule has 0 amide bonds. The number of nitriles is 1. The van der Waals surface area contributed by atoms with E-state index in [0.717, 1.165) is 22.2 Å². The van der Waals surface area contributed by atoms with E-state index in [1.807, 2.05) is 0 Å². The fourth-order valence-electron chi connectivity index (χ4n) is 1.54. The number of nitrogens with zero attached hydrogens (tertiary/aromatic N) is 1. The summed E-state index contributed by atoms with van der Waals surface area (Å²) in [5, 5.41) is 8.89. The van der Waals surface area contributed by atoms with Gasteiger partial charge in [0.05, 0.1) is 19.3 Å². The largest absolute Gasteiger partial charge is 0.493 e. The summed E-state index contributed by atoms with van der Waals surface area (Å²) in [5.41, 5.74) is 1.62. The van der Waals surface area contributed by atoms with Crippen molar-refractivity contribution in [3.63, 3.8) is 0 Å². The van der Waals surface area contributed by atoms with E-state index in [1.165, 1.54) is 0 Å². The van der Waals surface area contributed by atoms with Crippen LogP contribution in [0.25, 0.3) is 0 Å². The van der Waals surface area contributed by atoms with Crippen molar-refractivity contribution in [1.82, 2.24) is 0 Å². The van der Waals surface area contributed by atoms with Gasteiger partial charge in [-0.1, -0.05) is 0 Å². The van der Waals surface area contributed by atoms with E-state index >= 15 is 0 Å². The first-order chi connectivity index (χ1) is 6.77. The Bertz CT molecular complexity index is 423. The van der Waals surface area contributed by atoms with Crippen LogP contribution in [0.2, 0.25) is 0 Å². The minimum absolute atomic E-state index is 0.589. The second-order valence-corrected chi connectivity index (χ2v) is 3.75. The van der Waals surface area contributed by atoms with E-state index in [4.69, 9.17) is 14.7 Å². The molecular weight excluding hydrogens is 246 g/mol. The second kappa shape index (κ2) is 3.50. The van der Waals surface area contributed by atoms with Gasteiger partial charge in [0, 0.05) is 22.5 Å². The van der Waals surface area contributed by atoms with Gasteiger partial charge in [0.25, 0.3) is 0 Å². The SMILES string of the molecule is COc1cc(C#N)c(Br)c2c1OCC2. The molecular formula is C10H8BrNO2. The van der Waals surface area contributed by atoms with E-state index in [9.17, 15) is 0 Å². The lowest BCUT2D eigenvalue weighted by molar-refractivity contribution is 0.326. The lowest BCUT2D eigenvalue weighted by Gasteiger charge is -2.08. The molecule has 0 unspecified atom stereocenters. The first-order valence-electron chi connectivity index (χ1n) is 4.20. The number of fused-ring (bicyclic) bond motifs is 1. The molecule has 0 bridgehead atoms. The van der Waals surface area contributed by atoms with E-state index < -0.39 is 0 Å². The van der Waals surface area contributed by atoms with E-state index in [0.29, 0.717) is 17.9 Å². The molecule has 4 heteroatoms. The van der Waals surface area contributed by atoms with Crippen molar-refractivity contribution < 1.29 is 9.47 Å².